The topological polar surface area (TPSA) is 85.1 Å². The van der Waals surface area contributed by atoms with Gasteiger partial charge in [0.2, 0.25) is 10.0 Å². The number of hydrogen-bond acceptors (Lipinski definition) is 4. The number of nitrogens with zero attached hydrogens (tertiary/aromatic N) is 1. The fourth-order valence-electron chi connectivity index (χ4n) is 2.09. The highest BCUT2D eigenvalue weighted by Gasteiger charge is 2.22. The summed E-state index contributed by atoms with van der Waals surface area (Å²) in [6.07, 6.45) is 6.30. The molecule has 7 heteroatoms. The van der Waals surface area contributed by atoms with E-state index in [0.717, 1.165) is 25.7 Å². The molecule has 100 valence electrons. The average Bonchev–Trinajstić information content (AvgIpc) is 2.33. The van der Waals surface area contributed by atoms with Crippen molar-refractivity contribution in [2.75, 3.05) is 5.73 Å². The van der Waals surface area contributed by atoms with Gasteiger partial charge in [0.05, 0.1) is 5.02 Å². The molecule has 3 N–H and O–H groups in total. The number of rotatable bonds is 3. The van der Waals surface area contributed by atoms with E-state index in [2.05, 4.69) is 9.71 Å². The SMILES string of the molecule is Nc1ncc(S(=O)(=O)NC2CCCCC2)cc1Cl. The Morgan fingerprint density at radius 3 is 2.61 bits per heavy atom. The first-order valence-corrected chi connectivity index (χ1v) is 7.78. The van der Waals surface area contributed by atoms with Crippen molar-refractivity contribution in [2.24, 2.45) is 0 Å². The molecule has 0 atom stereocenters. The highest BCUT2D eigenvalue weighted by molar-refractivity contribution is 7.89. The van der Waals surface area contributed by atoms with Crippen LogP contribution < -0.4 is 10.5 Å². The summed E-state index contributed by atoms with van der Waals surface area (Å²) in [7, 11) is -3.55. The summed E-state index contributed by atoms with van der Waals surface area (Å²) >= 11 is 5.78. The second-order valence-corrected chi connectivity index (χ2v) is 6.62. The molecule has 18 heavy (non-hydrogen) atoms. The number of nitrogens with two attached hydrogens (primary N) is 1. The van der Waals surface area contributed by atoms with E-state index in [-0.39, 0.29) is 21.8 Å². The Bertz CT molecular complexity index is 527. The molecule has 2 rings (SSSR count). The molecular weight excluding hydrogens is 274 g/mol. The number of hydrogen-bond donors (Lipinski definition) is 2. The maximum absolute atomic E-state index is 12.1. The molecule has 5 nitrogen and oxygen atoms in total. The zero-order chi connectivity index (χ0) is 13.2. The van der Waals surface area contributed by atoms with Crippen molar-refractivity contribution in [3.05, 3.63) is 17.3 Å². The maximum atomic E-state index is 12.1. The van der Waals surface area contributed by atoms with Crippen LogP contribution >= 0.6 is 11.6 Å². The minimum atomic E-state index is -3.55. The first kappa shape index (κ1) is 13.6. The van der Waals surface area contributed by atoms with Crippen LogP contribution in [0.3, 0.4) is 0 Å². The van der Waals surface area contributed by atoms with Gasteiger partial charge in [-0.25, -0.2) is 18.1 Å². The average molecular weight is 290 g/mol. The van der Waals surface area contributed by atoms with Crippen molar-refractivity contribution >= 4 is 27.4 Å². The summed E-state index contributed by atoms with van der Waals surface area (Å²) in [5.41, 5.74) is 5.46. The normalized spacial score (nSPS) is 17.8. The Morgan fingerprint density at radius 1 is 1.33 bits per heavy atom. The quantitative estimate of drug-likeness (QED) is 0.890. The number of pyridine rings is 1. The van der Waals surface area contributed by atoms with Gasteiger partial charge in [0.1, 0.15) is 10.7 Å². The van der Waals surface area contributed by atoms with Gasteiger partial charge in [-0.15, -0.1) is 0 Å². The lowest BCUT2D eigenvalue weighted by Crippen LogP contribution is -2.36. The molecule has 1 fully saturated rings. The lowest BCUT2D eigenvalue weighted by molar-refractivity contribution is 0.412. The van der Waals surface area contributed by atoms with E-state index in [1.165, 1.54) is 18.7 Å². The van der Waals surface area contributed by atoms with Gasteiger partial charge in [-0.05, 0) is 18.9 Å². The Hall–Kier alpha value is -0.850. The molecule has 0 unspecified atom stereocenters. The molecule has 1 heterocycles. The first-order chi connectivity index (χ1) is 8.49. The predicted octanol–water partition coefficient (Wildman–Crippen LogP) is 1.93. The lowest BCUT2D eigenvalue weighted by Gasteiger charge is -2.22. The van der Waals surface area contributed by atoms with Crippen molar-refractivity contribution in [3.63, 3.8) is 0 Å². The highest BCUT2D eigenvalue weighted by atomic mass is 35.5. The van der Waals surface area contributed by atoms with Gasteiger partial charge in [0, 0.05) is 12.2 Å². The van der Waals surface area contributed by atoms with Crippen LogP contribution in [0.25, 0.3) is 0 Å². The van der Waals surface area contributed by atoms with E-state index in [9.17, 15) is 8.42 Å². The van der Waals surface area contributed by atoms with E-state index in [0.29, 0.717) is 0 Å². The van der Waals surface area contributed by atoms with Crippen LogP contribution in [0.5, 0.6) is 0 Å². The summed E-state index contributed by atoms with van der Waals surface area (Å²) in [5, 5.41) is 0.154. The monoisotopic (exact) mass is 289 g/mol. The molecule has 0 saturated heterocycles. The van der Waals surface area contributed by atoms with E-state index >= 15 is 0 Å². The summed E-state index contributed by atoms with van der Waals surface area (Å²) in [6.45, 7) is 0. The first-order valence-electron chi connectivity index (χ1n) is 5.92. The van der Waals surface area contributed by atoms with Crippen molar-refractivity contribution in [2.45, 2.75) is 43.0 Å². The highest BCUT2D eigenvalue weighted by Crippen LogP contribution is 2.22. The Balaban J connectivity index is 2.16. The van der Waals surface area contributed by atoms with E-state index in [1.807, 2.05) is 0 Å². The minimum absolute atomic E-state index is 0.0140. The number of anilines is 1. The van der Waals surface area contributed by atoms with Crippen molar-refractivity contribution in [1.82, 2.24) is 9.71 Å². The summed E-state index contributed by atoms with van der Waals surface area (Å²) < 4.78 is 26.9. The van der Waals surface area contributed by atoms with Crippen LogP contribution in [0.15, 0.2) is 17.2 Å². The van der Waals surface area contributed by atoms with Gasteiger partial charge in [0.15, 0.2) is 0 Å². The number of nitrogen functional groups attached to an aromatic ring is 1. The molecule has 0 bridgehead atoms. The van der Waals surface area contributed by atoms with Crippen LogP contribution in [0, 0.1) is 0 Å². The molecule has 1 saturated carbocycles. The second kappa shape index (κ2) is 5.42. The summed E-state index contributed by atoms with van der Waals surface area (Å²) in [6, 6.07) is 1.34. The van der Waals surface area contributed by atoms with Crippen molar-refractivity contribution < 1.29 is 8.42 Å². The number of nitrogens with one attached hydrogen (secondary N) is 1. The van der Waals surface area contributed by atoms with Gasteiger partial charge in [-0.2, -0.15) is 0 Å². The molecule has 1 aromatic rings. The smallest absolute Gasteiger partial charge is 0.242 e. The van der Waals surface area contributed by atoms with Gasteiger partial charge in [0.25, 0.3) is 0 Å². The Kier molecular flexibility index (Phi) is 4.09. The van der Waals surface area contributed by atoms with Gasteiger partial charge in [-0.1, -0.05) is 30.9 Å². The zero-order valence-electron chi connectivity index (χ0n) is 9.89. The Morgan fingerprint density at radius 2 is 2.00 bits per heavy atom. The molecule has 1 aliphatic rings. The van der Waals surface area contributed by atoms with Crippen LogP contribution in [-0.4, -0.2) is 19.4 Å². The molecule has 1 aliphatic carbocycles. The zero-order valence-corrected chi connectivity index (χ0v) is 11.5. The Labute approximate surface area is 112 Å². The van der Waals surface area contributed by atoms with Gasteiger partial charge < -0.3 is 5.73 Å². The fraction of sp³-hybridized carbons (Fsp3) is 0.545. The maximum Gasteiger partial charge on any atom is 0.242 e. The molecule has 0 amide bonds. The molecular formula is C11H16ClN3O2S. The summed E-state index contributed by atoms with van der Waals surface area (Å²) in [4.78, 5) is 3.83. The number of sulfonamides is 1. The predicted molar refractivity (Wildman–Crippen MR) is 70.9 cm³/mol. The van der Waals surface area contributed by atoms with Gasteiger partial charge in [-0.3, -0.25) is 0 Å². The largest absolute Gasteiger partial charge is 0.382 e. The molecule has 0 aliphatic heterocycles. The molecule has 1 aromatic heterocycles. The number of halogens is 1. The van der Waals surface area contributed by atoms with Crippen LogP contribution in [0.2, 0.25) is 5.02 Å². The van der Waals surface area contributed by atoms with Crippen molar-refractivity contribution in [3.8, 4) is 0 Å². The number of aromatic nitrogens is 1. The molecule has 0 aromatic carbocycles. The van der Waals surface area contributed by atoms with Crippen LogP contribution in [0.1, 0.15) is 32.1 Å². The van der Waals surface area contributed by atoms with E-state index in [4.69, 9.17) is 17.3 Å². The second-order valence-electron chi connectivity index (χ2n) is 4.49. The third-order valence-corrected chi connectivity index (χ3v) is 4.87. The van der Waals surface area contributed by atoms with Crippen molar-refractivity contribution in [1.29, 1.82) is 0 Å². The third-order valence-electron chi connectivity index (χ3n) is 3.08. The lowest BCUT2D eigenvalue weighted by atomic mass is 9.96. The van der Waals surface area contributed by atoms with E-state index < -0.39 is 10.0 Å². The molecule has 0 spiro atoms. The van der Waals surface area contributed by atoms with Crippen LogP contribution in [-0.2, 0) is 10.0 Å². The van der Waals surface area contributed by atoms with Crippen LogP contribution in [0.4, 0.5) is 5.82 Å². The fourth-order valence-corrected chi connectivity index (χ4v) is 3.59. The summed E-state index contributed by atoms with van der Waals surface area (Å²) in [5.74, 6) is 0.133. The molecule has 0 radical (unpaired) electrons. The van der Waals surface area contributed by atoms with E-state index in [1.54, 1.807) is 0 Å². The van der Waals surface area contributed by atoms with Gasteiger partial charge >= 0.3 is 0 Å². The standard InChI is InChI=1S/C11H16ClN3O2S/c12-10-6-9(7-14-11(10)13)18(16,17)15-8-4-2-1-3-5-8/h6-8,15H,1-5H2,(H2,13,14). The third kappa shape index (κ3) is 3.13. The minimum Gasteiger partial charge on any atom is -0.382 e.